The minimum absolute atomic E-state index is 0.285. The van der Waals surface area contributed by atoms with Crippen LogP contribution < -0.4 is 4.90 Å². The first kappa shape index (κ1) is 18.3. The molecule has 0 aliphatic carbocycles. The summed E-state index contributed by atoms with van der Waals surface area (Å²) in [7, 11) is 0. The molecule has 1 fully saturated rings. The lowest BCUT2D eigenvalue weighted by molar-refractivity contribution is -0.131. The van der Waals surface area contributed by atoms with Gasteiger partial charge in [0.15, 0.2) is 5.13 Å². The zero-order chi connectivity index (χ0) is 18.5. The van der Waals surface area contributed by atoms with E-state index in [0.29, 0.717) is 6.42 Å². The summed E-state index contributed by atoms with van der Waals surface area (Å²) in [5.41, 5.74) is 1.06. The number of thiazole rings is 1. The highest BCUT2D eigenvalue weighted by atomic mass is 32.2. The first-order chi connectivity index (χ1) is 13.3. The second-order valence-electron chi connectivity index (χ2n) is 6.60. The molecule has 1 saturated heterocycles. The number of carbonyl (C=O) groups excluding carboxylic acids is 1. The van der Waals surface area contributed by atoms with Crippen LogP contribution >= 0.6 is 23.1 Å². The van der Waals surface area contributed by atoms with Gasteiger partial charge in [-0.1, -0.05) is 41.7 Å². The number of thioether (sulfide) groups is 1. The molecule has 0 unspecified atom stereocenters. The molecule has 4 rings (SSSR count). The normalized spacial score (nSPS) is 14.7. The molecule has 1 aliphatic heterocycles. The number of hydrogen-bond acceptors (Lipinski definition) is 5. The first-order valence-electron chi connectivity index (χ1n) is 9.36. The monoisotopic (exact) mass is 397 g/mol. The van der Waals surface area contributed by atoms with Crippen molar-refractivity contribution >= 4 is 44.4 Å². The van der Waals surface area contributed by atoms with E-state index < -0.39 is 0 Å². The van der Waals surface area contributed by atoms with Gasteiger partial charge in [-0.2, -0.15) is 0 Å². The van der Waals surface area contributed by atoms with Gasteiger partial charge in [-0.05, 0) is 36.4 Å². The molecule has 3 aromatic rings. The third-order valence-corrected chi connectivity index (χ3v) is 6.93. The van der Waals surface area contributed by atoms with Gasteiger partial charge in [-0.25, -0.2) is 4.98 Å². The lowest BCUT2D eigenvalue weighted by Gasteiger charge is -2.34. The third kappa shape index (κ3) is 4.62. The molecular formula is C21H23N3OS2. The maximum Gasteiger partial charge on any atom is 0.222 e. The number of para-hydroxylation sites is 1. The highest BCUT2D eigenvalue weighted by molar-refractivity contribution is 7.99. The summed E-state index contributed by atoms with van der Waals surface area (Å²) in [6.07, 6.45) is 1.57. The largest absolute Gasteiger partial charge is 0.345 e. The van der Waals surface area contributed by atoms with E-state index in [-0.39, 0.29) is 5.91 Å². The topological polar surface area (TPSA) is 36.4 Å². The summed E-state index contributed by atoms with van der Waals surface area (Å²) in [5.74, 6) is 1.27. The smallest absolute Gasteiger partial charge is 0.222 e. The Hall–Kier alpha value is -2.05. The number of hydrogen-bond donors (Lipinski definition) is 0. The number of aromatic nitrogens is 1. The van der Waals surface area contributed by atoms with E-state index in [1.807, 2.05) is 28.8 Å². The SMILES string of the molecule is O=C(CCCSc1ccccc1)N1CCN(c2nc3ccccc3s2)CC1. The molecule has 140 valence electrons. The zero-order valence-corrected chi connectivity index (χ0v) is 16.8. The Morgan fingerprint density at radius 2 is 1.74 bits per heavy atom. The number of piperazine rings is 1. The predicted octanol–water partition coefficient (Wildman–Crippen LogP) is 4.52. The quantitative estimate of drug-likeness (QED) is 0.453. The summed E-state index contributed by atoms with van der Waals surface area (Å²) in [5, 5.41) is 1.07. The van der Waals surface area contributed by atoms with Crippen molar-refractivity contribution in [2.75, 3.05) is 36.8 Å². The lowest BCUT2D eigenvalue weighted by Crippen LogP contribution is -2.48. The van der Waals surface area contributed by atoms with Crippen LogP contribution in [0.25, 0.3) is 10.2 Å². The molecule has 4 nitrogen and oxygen atoms in total. The van der Waals surface area contributed by atoms with Crippen LogP contribution in [-0.2, 0) is 4.79 Å². The standard InChI is InChI=1S/C21H23N3OS2/c25-20(11-6-16-26-17-7-2-1-3-8-17)23-12-14-24(15-13-23)21-22-18-9-4-5-10-19(18)27-21/h1-5,7-10H,6,11-16H2. The van der Waals surface area contributed by atoms with Crippen molar-refractivity contribution in [3.05, 3.63) is 54.6 Å². The van der Waals surface area contributed by atoms with Gasteiger partial charge in [0.1, 0.15) is 0 Å². The lowest BCUT2D eigenvalue weighted by atomic mass is 10.2. The molecule has 0 radical (unpaired) electrons. The summed E-state index contributed by atoms with van der Waals surface area (Å²) >= 11 is 3.56. The number of carbonyl (C=O) groups is 1. The fourth-order valence-electron chi connectivity index (χ4n) is 3.23. The molecule has 27 heavy (non-hydrogen) atoms. The Bertz CT molecular complexity index is 856. The fraction of sp³-hybridized carbons (Fsp3) is 0.333. The van der Waals surface area contributed by atoms with Gasteiger partial charge in [0.05, 0.1) is 10.2 Å². The summed E-state index contributed by atoms with van der Waals surface area (Å²) in [4.78, 5) is 22.8. The Morgan fingerprint density at radius 3 is 2.52 bits per heavy atom. The van der Waals surface area contributed by atoms with Crippen LogP contribution in [0.2, 0.25) is 0 Å². The second-order valence-corrected chi connectivity index (χ2v) is 8.77. The van der Waals surface area contributed by atoms with Gasteiger partial charge in [-0.3, -0.25) is 4.79 Å². The van der Waals surface area contributed by atoms with Crippen LogP contribution in [0.1, 0.15) is 12.8 Å². The summed E-state index contributed by atoms with van der Waals surface area (Å²) in [6, 6.07) is 18.6. The second kappa shape index (κ2) is 8.76. The molecule has 2 heterocycles. The Balaban J connectivity index is 1.22. The number of rotatable bonds is 6. The Labute approximate surface area is 168 Å². The highest BCUT2D eigenvalue weighted by Gasteiger charge is 2.22. The average molecular weight is 398 g/mol. The van der Waals surface area contributed by atoms with Crippen LogP contribution in [-0.4, -0.2) is 47.7 Å². The van der Waals surface area contributed by atoms with Crippen molar-refractivity contribution in [1.82, 2.24) is 9.88 Å². The van der Waals surface area contributed by atoms with Crippen molar-refractivity contribution in [3.8, 4) is 0 Å². The van der Waals surface area contributed by atoms with E-state index in [1.165, 1.54) is 9.60 Å². The van der Waals surface area contributed by atoms with E-state index in [2.05, 4.69) is 47.4 Å². The van der Waals surface area contributed by atoms with Gasteiger partial charge >= 0.3 is 0 Å². The molecule has 6 heteroatoms. The number of nitrogens with zero attached hydrogens (tertiary/aromatic N) is 3. The number of amides is 1. The maximum absolute atomic E-state index is 12.5. The molecule has 0 N–H and O–H groups in total. The Morgan fingerprint density at radius 1 is 1.00 bits per heavy atom. The van der Waals surface area contributed by atoms with Gasteiger partial charge < -0.3 is 9.80 Å². The van der Waals surface area contributed by atoms with Crippen LogP contribution in [0.15, 0.2) is 59.5 Å². The van der Waals surface area contributed by atoms with Crippen molar-refractivity contribution in [1.29, 1.82) is 0 Å². The maximum atomic E-state index is 12.5. The minimum atomic E-state index is 0.285. The van der Waals surface area contributed by atoms with E-state index >= 15 is 0 Å². The van der Waals surface area contributed by atoms with Gasteiger partial charge in [-0.15, -0.1) is 11.8 Å². The molecular weight excluding hydrogens is 374 g/mol. The van der Waals surface area contributed by atoms with Crippen LogP contribution in [0.5, 0.6) is 0 Å². The van der Waals surface area contributed by atoms with Gasteiger partial charge in [0.2, 0.25) is 5.91 Å². The zero-order valence-electron chi connectivity index (χ0n) is 15.2. The van der Waals surface area contributed by atoms with Gasteiger partial charge in [0.25, 0.3) is 0 Å². The number of fused-ring (bicyclic) bond motifs is 1. The highest BCUT2D eigenvalue weighted by Crippen LogP contribution is 2.29. The number of anilines is 1. The molecule has 2 aromatic carbocycles. The van der Waals surface area contributed by atoms with Crippen molar-refractivity contribution in [2.24, 2.45) is 0 Å². The van der Waals surface area contributed by atoms with Crippen LogP contribution in [0.3, 0.4) is 0 Å². The Kier molecular flexibility index (Phi) is 5.94. The van der Waals surface area contributed by atoms with Crippen molar-refractivity contribution in [2.45, 2.75) is 17.7 Å². The van der Waals surface area contributed by atoms with Crippen LogP contribution in [0.4, 0.5) is 5.13 Å². The van der Waals surface area contributed by atoms with Crippen molar-refractivity contribution < 1.29 is 4.79 Å². The molecule has 0 saturated carbocycles. The van der Waals surface area contributed by atoms with Gasteiger partial charge in [0, 0.05) is 37.5 Å². The predicted molar refractivity (Wildman–Crippen MR) is 115 cm³/mol. The fourth-order valence-corrected chi connectivity index (χ4v) is 5.12. The first-order valence-corrected chi connectivity index (χ1v) is 11.2. The molecule has 1 aliphatic rings. The van der Waals surface area contributed by atoms with Crippen molar-refractivity contribution in [3.63, 3.8) is 0 Å². The minimum Gasteiger partial charge on any atom is -0.345 e. The third-order valence-electron chi connectivity index (χ3n) is 4.73. The van der Waals surface area contributed by atoms with E-state index in [0.717, 1.165) is 49.0 Å². The number of benzene rings is 2. The molecule has 0 atom stereocenters. The molecule has 1 aromatic heterocycles. The summed E-state index contributed by atoms with van der Waals surface area (Å²) < 4.78 is 1.22. The summed E-state index contributed by atoms with van der Waals surface area (Å²) in [6.45, 7) is 3.32. The van der Waals surface area contributed by atoms with E-state index in [1.54, 1.807) is 11.3 Å². The van der Waals surface area contributed by atoms with E-state index in [9.17, 15) is 4.79 Å². The average Bonchev–Trinajstić information content (AvgIpc) is 3.16. The molecule has 0 spiro atoms. The molecule has 0 bridgehead atoms. The van der Waals surface area contributed by atoms with Crippen LogP contribution in [0, 0.1) is 0 Å². The molecule has 1 amide bonds. The van der Waals surface area contributed by atoms with E-state index in [4.69, 9.17) is 4.98 Å².